The molecular weight excluding hydrogens is 385 g/mol. The van der Waals surface area contributed by atoms with Gasteiger partial charge in [-0.25, -0.2) is 0 Å². The molecule has 0 aliphatic rings. The first-order chi connectivity index (χ1) is 12.8. The van der Waals surface area contributed by atoms with Crippen LogP contribution in [0.3, 0.4) is 0 Å². The molecule has 0 bridgehead atoms. The molecule has 0 unspecified atom stereocenters. The van der Waals surface area contributed by atoms with Gasteiger partial charge < -0.3 is 0 Å². The Morgan fingerprint density at radius 2 is 1.38 bits per heavy atom. The van der Waals surface area contributed by atoms with Crippen molar-refractivity contribution in [2.75, 3.05) is 0 Å². The van der Waals surface area contributed by atoms with Gasteiger partial charge >= 0.3 is 157 Å². The van der Waals surface area contributed by atoms with E-state index in [1.807, 2.05) is 59.2 Å². The summed E-state index contributed by atoms with van der Waals surface area (Å²) in [6.07, 6.45) is 0. The Morgan fingerprint density at radius 3 is 2.15 bits per heavy atom. The summed E-state index contributed by atoms with van der Waals surface area (Å²) in [5.41, 5.74) is 3.98. The third-order valence-corrected chi connectivity index (χ3v) is 6.82. The normalized spacial score (nSPS) is 11.2. The maximum absolute atomic E-state index is 13.3. The van der Waals surface area contributed by atoms with Gasteiger partial charge in [-0.1, -0.05) is 0 Å². The molecule has 5 aromatic rings. The SMILES string of the molecule is O=C(c1ccccc1)n1c2ccccc2c2c(-c3ccccc3)[se]cc21. The van der Waals surface area contributed by atoms with Crippen LogP contribution in [0.1, 0.15) is 10.4 Å². The molecule has 26 heavy (non-hydrogen) atoms. The summed E-state index contributed by atoms with van der Waals surface area (Å²) in [4.78, 5) is 15.5. The number of aromatic nitrogens is 1. The van der Waals surface area contributed by atoms with Gasteiger partial charge in [-0.3, -0.25) is 0 Å². The Labute approximate surface area is 157 Å². The van der Waals surface area contributed by atoms with Crippen LogP contribution in [0, 0.1) is 0 Å². The van der Waals surface area contributed by atoms with Gasteiger partial charge in [0.05, 0.1) is 0 Å². The second-order valence-electron chi connectivity index (χ2n) is 6.21. The molecule has 0 amide bonds. The first-order valence-corrected chi connectivity index (χ1v) is 10.3. The van der Waals surface area contributed by atoms with Crippen LogP contribution in [-0.4, -0.2) is 25.0 Å². The Kier molecular flexibility index (Phi) is 3.63. The van der Waals surface area contributed by atoms with E-state index in [1.54, 1.807) is 0 Å². The third-order valence-electron chi connectivity index (χ3n) is 4.69. The van der Waals surface area contributed by atoms with E-state index < -0.39 is 0 Å². The number of carbonyl (C=O) groups is 1. The van der Waals surface area contributed by atoms with Gasteiger partial charge in [0.15, 0.2) is 0 Å². The van der Waals surface area contributed by atoms with Crippen molar-refractivity contribution < 1.29 is 4.79 Å². The topological polar surface area (TPSA) is 22.0 Å². The van der Waals surface area contributed by atoms with Crippen molar-refractivity contribution in [3.8, 4) is 10.0 Å². The van der Waals surface area contributed by atoms with Crippen molar-refractivity contribution in [3.05, 3.63) is 95.4 Å². The van der Waals surface area contributed by atoms with Crippen LogP contribution in [0.2, 0.25) is 0 Å². The Bertz CT molecular complexity index is 1230. The van der Waals surface area contributed by atoms with Crippen molar-refractivity contribution in [1.82, 2.24) is 4.57 Å². The fraction of sp³-hybridized carbons (Fsp3) is 0. The molecule has 124 valence electrons. The molecule has 0 saturated carbocycles. The summed E-state index contributed by atoms with van der Waals surface area (Å²) < 4.78 is 3.24. The first kappa shape index (κ1) is 15.4. The van der Waals surface area contributed by atoms with E-state index in [2.05, 4.69) is 35.3 Å². The fourth-order valence-corrected chi connectivity index (χ4v) is 5.73. The van der Waals surface area contributed by atoms with E-state index in [0.717, 1.165) is 16.4 Å². The fourth-order valence-electron chi connectivity index (χ4n) is 3.51. The molecule has 0 aliphatic carbocycles. The summed E-state index contributed by atoms with van der Waals surface area (Å²) in [6, 6.07) is 28.2. The average Bonchev–Trinajstić information content (AvgIpc) is 3.27. The van der Waals surface area contributed by atoms with Crippen molar-refractivity contribution in [1.29, 1.82) is 0 Å². The van der Waals surface area contributed by atoms with Gasteiger partial charge in [-0.2, -0.15) is 0 Å². The molecule has 0 atom stereocenters. The summed E-state index contributed by atoms with van der Waals surface area (Å²) in [5.74, 6) is 0.0319. The minimum absolute atomic E-state index is 0.0319. The second-order valence-corrected chi connectivity index (χ2v) is 8.06. The van der Waals surface area contributed by atoms with Crippen molar-refractivity contribution in [3.63, 3.8) is 0 Å². The standard InChI is InChI=1S/C23H15NOSe/c25-23(17-11-5-2-6-12-17)24-19-14-8-7-13-18(19)21-20(24)15-26-22(21)16-9-3-1-4-10-16/h1-15H. The number of hydrogen-bond acceptors (Lipinski definition) is 1. The number of carbonyl (C=O) groups excluding carboxylic acids is 1. The van der Waals surface area contributed by atoms with Gasteiger partial charge in [0.1, 0.15) is 0 Å². The molecule has 3 heteroatoms. The molecule has 2 nitrogen and oxygen atoms in total. The zero-order valence-corrected chi connectivity index (χ0v) is 15.6. The monoisotopic (exact) mass is 401 g/mol. The molecule has 0 N–H and O–H groups in total. The number of para-hydroxylation sites is 1. The average molecular weight is 400 g/mol. The molecule has 0 spiro atoms. The van der Waals surface area contributed by atoms with Gasteiger partial charge in [-0.05, 0) is 0 Å². The Hall–Kier alpha value is -2.87. The van der Waals surface area contributed by atoms with Crippen LogP contribution < -0.4 is 0 Å². The van der Waals surface area contributed by atoms with E-state index in [0.29, 0.717) is 5.56 Å². The molecule has 2 heterocycles. The molecule has 2 aromatic heterocycles. The van der Waals surface area contributed by atoms with Crippen LogP contribution >= 0.6 is 0 Å². The minimum atomic E-state index is 0.0319. The van der Waals surface area contributed by atoms with E-state index >= 15 is 0 Å². The Morgan fingerprint density at radius 1 is 0.731 bits per heavy atom. The van der Waals surface area contributed by atoms with E-state index in [-0.39, 0.29) is 20.4 Å². The van der Waals surface area contributed by atoms with Gasteiger partial charge in [0.2, 0.25) is 0 Å². The molecule has 5 rings (SSSR count). The van der Waals surface area contributed by atoms with Gasteiger partial charge in [0, 0.05) is 0 Å². The van der Waals surface area contributed by atoms with Crippen molar-refractivity contribution >= 4 is 42.2 Å². The van der Waals surface area contributed by atoms with Crippen LogP contribution in [0.5, 0.6) is 0 Å². The third kappa shape index (κ3) is 2.29. The first-order valence-electron chi connectivity index (χ1n) is 8.50. The predicted octanol–water partition coefficient (Wildman–Crippen LogP) is 5.21. The van der Waals surface area contributed by atoms with Gasteiger partial charge in [-0.15, -0.1) is 0 Å². The number of nitrogens with zero attached hydrogens (tertiary/aromatic N) is 1. The number of hydrogen-bond donors (Lipinski definition) is 0. The molecule has 0 fully saturated rings. The van der Waals surface area contributed by atoms with Crippen LogP contribution in [-0.2, 0) is 0 Å². The molecule has 3 aromatic carbocycles. The summed E-state index contributed by atoms with van der Waals surface area (Å²) in [5, 5.41) is 2.37. The quantitative estimate of drug-likeness (QED) is 0.373. The maximum atomic E-state index is 13.3. The number of fused-ring (bicyclic) bond motifs is 3. The number of benzene rings is 3. The van der Waals surface area contributed by atoms with Crippen molar-refractivity contribution in [2.45, 2.75) is 0 Å². The molecule has 0 aliphatic heterocycles. The second kappa shape index (κ2) is 6.14. The number of rotatable bonds is 2. The van der Waals surface area contributed by atoms with Gasteiger partial charge in [0.25, 0.3) is 0 Å². The summed E-state index contributed by atoms with van der Waals surface area (Å²) in [7, 11) is 0. The predicted molar refractivity (Wildman–Crippen MR) is 108 cm³/mol. The zero-order valence-electron chi connectivity index (χ0n) is 13.9. The van der Waals surface area contributed by atoms with E-state index in [1.165, 1.54) is 15.4 Å². The summed E-state index contributed by atoms with van der Waals surface area (Å²) >= 11 is 0.217. The molecule has 0 saturated heterocycles. The summed E-state index contributed by atoms with van der Waals surface area (Å²) in [6.45, 7) is 0. The molecule has 0 radical (unpaired) electrons. The zero-order chi connectivity index (χ0) is 17.5. The Balaban J connectivity index is 1.84. The molecular formula is C23H15NOSe. The van der Waals surface area contributed by atoms with Crippen LogP contribution in [0.25, 0.3) is 31.8 Å². The van der Waals surface area contributed by atoms with Crippen molar-refractivity contribution in [2.24, 2.45) is 0 Å². The van der Waals surface area contributed by atoms with E-state index in [9.17, 15) is 4.79 Å². The van der Waals surface area contributed by atoms with E-state index in [4.69, 9.17) is 0 Å². The van der Waals surface area contributed by atoms with Crippen LogP contribution in [0.15, 0.2) is 89.9 Å². The van der Waals surface area contributed by atoms with Crippen LogP contribution in [0.4, 0.5) is 0 Å².